The van der Waals surface area contributed by atoms with Crippen molar-refractivity contribution in [2.45, 2.75) is 25.4 Å². The highest BCUT2D eigenvalue weighted by molar-refractivity contribution is 6.19. The summed E-state index contributed by atoms with van der Waals surface area (Å²) in [5, 5.41) is 2.95. The fourth-order valence-corrected chi connectivity index (χ4v) is 4.54. The van der Waals surface area contributed by atoms with Gasteiger partial charge >= 0.3 is 6.03 Å². The molecule has 3 heterocycles. The maximum atomic E-state index is 12.9. The van der Waals surface area contributed by atoms with Crippen LogP contribution in [0.1, 0.15) is 18.4 Å². The lowest BCUT2D eigenvalue weighted by molar-refractivity contribution is -0.122. The number of nitrogens with one attached hydrogen (secondary N) is 1. The Labute approximate surface area is 191 Å². The molecule has 172 valence electrons. The predicted molar refractivity (Wildman–Crippen MR) is 120 cm³/mol. The number of carbonyl (C=O) groups excluding carboxylic acids is 3. The zero-order chi connectivity index (χ0) is 22.8. The molecule has 0 atom stereocenters. The number of hydrogen-bond donors (Lipinski definition) is 1. The molecule has 2 fully saturated rings. The summed E-state index contributed by atoms with van der Waals surface area (Å²) in [6, 6.07) is 14.4. The normalized spacial score (nSPS) is 18.8. The van der Waals surface area contributed by atoms with Crippen molar-refractivity contribution in [3.05, 3.63) is 54.1 Å². The molecule has 0 bridgehead atoms. The average Bonchev–Trinajstić information content (AvgIpc) is 3.42. The molecule has 0 saturated carbocycles. The first-order chi connectivity index (χ1) is 16.1. The number of amides is 4. The summed E-state index contributed by atoms with van der Waals surface area (Å²) in [6.07, 6.45) is 1.47. The number of likely N-dealkylation sites (tertiary alicyclic amines) is 1. The Hall–Kier alpha value is -3.59. The lowest BCUT2D eigenvalue weighted by Crippen LogP contribution is -2.48. The van der Waals surface area contributed by atoms with Gasteiger partial charge in [0.25, 0.3) is 5.91 Å². The average molecular weight is 450 g/mol. The van der Waals surface area contributed by atoms with E-state index in [-0.39, 0.29) is 37.2 Å². The highest BCUT2D eigenvalue weighted by Gasteiger charge is 2.41. The van der Waals surface area contributed by atoms with Crippen LogP contribution in [0.3, 0.4) is 0 Å². The van der Waals surface area contributed by atoms with Gasteiger partial charge in [0.1, 0.15) is 6.54 Å². The maximum absolute atomic E-state index is 12.9. The maximum Gasteiger partial charge on any atom is 0.332 e. The van der Waals surface area contributed by atoms with Gasteiger partial charge in [0.15, 0.2) is 11.5 Å². The van der Waals surface area contributed by atoms with Crippen molar-refractivity contribution in [2.24, 2.45) is 0 Å². The molecule has 2 aromatic carbocycles. The van der Waals surface area contributed by atoms with Gasteiger partial charge in [-0.1, -0.05) is 24.3 Å². The Kier molecular flexibility index (Phi) is 5.87. The van der Waals surface area contributed by atoms with Crippen LogP contribution in [0.4, 0.5) is 10.5 Å². The molecule has 0 aromatic heterocycles. The van der Waals surface area contributed by atoms with Crippen LogP contribution >= 0.6 is 0 Å². The number of anilines is 1. The molecule has 5 rings (SSSR count). The first kappa shape index (κ1) is 21.3. The second-order valence-electron chi connectivity index (χ2n) is 8.45. The number of imide groups is 1. The Balaban J connectivity index is 1.09. The van der Waals surface area contributed by atoms with Crippen molar-refractivity contribution in [1.29, 1.82) is 0 Å². The predicted octanol–water partition coefficient (Wildman–Crippen LogP) is 1.96. The van der Waals surface area contributed by atoms with Gasteiger partial charge < -0.3 is 19.7 Å². The Morgan fingerprint density at radius 1 is 1.00 bits per heavy atom. The monoisotopic (exact) mass is 450 g/mol. The molecule has 9 heteroatoms. The number of hydrogen-bond acceptors (Lipinski definition) is 6. The number of benzene rings is 2. The van der Waals surface area contributed by atoms with E-state index in [9.17, 15) is 14.4 Å². The molecule has 9 nitrogen and oxygen atoms in total. The van der Waals surface area contributed by atoms with Gasteiger partial charge in [-0.2, -0.15) is 0 Å². The lowest BCUT2D eigenvalue weighted by Gasteiger charge is -2.35. The lowest BCUT2D eigenvalue weighted by atomic mass is 10.0. The van der Waals surface area contributed by atoms with E-state index >= 15 is 0 Å². The highest BCUT2D eigenvalue weighted by atomic mass is 16.7. The minimum absolute atomic E-state index is 0.00288. The minimum atomic E-state index is -0.258. The second kappa shape index (κ2) is 9.11. The van der Waals surface area contributed by atoms with Crippen molar-refractivity contribution >= 4 is 23.5 Å². The highest BCUT2D eigenvalue weighted by Crippen LogP contribution is 2.32. The van der Waals surface area contributed by atoms with Gasteiger partial charge in [0, 0.05) is 25.7 Å². The molecule has 2 saturated heterocycles. The van der Waals surface area contributed by atoms with E-state index in [1.165, 1.54) is 4.90 Å². The second-order valence-corrected chi connectivity index (χ2v) is 8.45. The first-order valence-corrected chi connectivity index (χ1v) is 11.1. The summed E-state index contributed by atoms with van der Waals surface area (Å²) in [7, 11) is 0. The van der Waals surface area contributed by atoms with E-state index in [0.29, 0.717) is 37.6 Å². The third-order valence-electron chi connectivity index (χ3n) is 6.30. The van der Waals surface area contributed by atoms with Gasteiger partial charge in [-0.25, -0.2) is 9.69 Å². The number of fused-ring (bicyclic) bond motifs is 1. The Morgan fingerprint density at radius 3 is 2.55 bits per heavy atom. The first-order valence-electron chi connectivity index (χ1n) is 11.1. The number of para-hydroxylation sites is 1. The fraction of sp³-hybridized carbons (Fsp3) is 0.375. The van der Waals surface area contributed by atoms with Crippen LogP contribution < -0.4 is 19.7 Å². The van der Waals surface area contributed by atoms with Crippen LogP contribution in [0, 0.1) is 0 Å². The Morgan fingerprint density at radius 2 is 1.76 bits per heavy atom. The molecule has 0 unspecified atom stereocenters. The summed E-state index contributed by atoms with van der Waals surface area (Å²) in [6.45, 7) is 2.46. The van der Waals surface area contributed by atoms with Crippen molar-refractivity contribution < 1.29 is 23.9 Å². The summed E-state index contributed by atoms with van der Waals surface area (Å²) in [5.74, 6) is 1.17. The quantitative estimate of drug-likeness (QED) is 0.677. The summed E-state index contributed by atoms with van der Waals surface area (Å²) in [4.78, 5) is 42.8. The summed E-state index contributed by atoms with van der Waals surface area (Å²) < 4.78 is 10.7. The topological polar surface area (TPSA) is 91.4 Å². The van der Waals surface area contributed by atoms with Crippen molar-refractivity contribution in [3.63, 3.8) is 0 Å². The molecule has 0 aliphatic carbocycles. The van der Waals surface area contributed by atoms with E-state index in [1.54, 1.807) is 17.0 Å². The van der Waals surface area contributed by atoms with Crippen LogP contribution in [0.15, 0.2) is 48.5 Å². The van der Waals surface area contributed by atoms with Crippen LogP contribution in [0.2, 0.25) is 0 Å². The van der Waals surface area contributed by atoms with Crippen LogP contribution in [-0.2, 0) is 16.1 Å². The largest absolute Gasteiger partial charge is 0.454 e. The molecule has 4 amide bonds. The number of carbonyl (C=O) groups is 3. The van der Waals surface area contributed by atoms with Crippen LogP contribution in [0.5, 0.6) is 11.5 Å². The van der Waals surface area contributed by atoms with Crippen molar-refractivity contribution in [3.8, 4) is 11.5 Å². The van der Waals surface area contributed by atoms with E-state index in [0.717, 1.165) is 24.2 Å². The number of ether oxygens (including phenoxy) is 2. The molecule has 2 aromatic rings. The number of rotatable bonds is 6. The van der Waals surface area contributed by atoms with E-state index in [4.69, 9.17) is 9.47 Å². The van der Waals surface area contributed by atoms with Gasteiger partial charge in [-0.3, -0.25) is 14.5 Å². The van der Waals surface area contributed by atoms with Crippen LogP contribution in [-0.4, -0.2) is 66.7 Å². The van der Waals surface area contributed by atoms with Crippen molar-refractivity contribution in [1.82, 2.24) is 15.1 Å². The molecular formula is C24H26N4O5. The summed E-state index contributed by atoms with van der Waals surface area (Å²) >= 11 is 0. The number of piperidine rings is 1. The van der Waals surface area contributed by atoms with Crippen LogP contribution in [0.25, 0.3) is 0 Å². The molecule has 1 N–H and O–H groups in total. The zero-order valence-corrected chi connectivity index (χ0v) is 18.2. The van der Waals surface area contributed by atoms with E-state index in [2.05, 4.69) is 10.2 Å². The Bertz CT molecular complexity index is 1050. The van der Waals surface area contributed by atoms with Gasteiger partial charge in [0.2, 0.25) is 12.7 Å². The standard InChI is InChI=1S/C24H26N4O5/c29-22(25-13-17-6-7-20-21(12-17)33-16-32-20)14-26-10-8-18(9-11-26)27-15-23(30)28(24(27)31)19-4-2-1-3-5-19/h1-7,12,18H,8-11,13-16H2,(H,25,29). The van der Waals surface area contributed by atoms with E-state index < -0.39 is 0 Å². The third kappa shape index (κ3) is 4.49. The number of urea groups is 1. The van der Waals surface area contributed by atoms with Gasteiger partial charge in [-0.05, 0) is 42.7 Å². The minimum Gasteiger partial charge on any atom is -0.454 e. The molecule has 33 heavy (non-hydrogen) atoms. The molecule has 3 aliphatic heterocycles. The molecular weight excluding hydrogens is 424 g/mol. The van der Waals surface area contributed by atoms with Crippen molar-refractivity contribution in [2.75, 3.05) is 37.9 Å². The van der Waals surface area contributed by atoms with Gasteiger partial charge in [0.05, 0.1) is 12.2 Å². The molecule has 3 aliphatic rings. The smallest absolute Gasteiger partial charge is 0.332 e. The third-order valence-corrected chi connectivity index (χ3v) is 6.30. The molecule has 0 spiro atoms. The molecule has 0 radical (unpaired) electrons. The van der Waals surface area contributed by atoms with Gasteiger partial charge in [-0.15, -0.1) is 0 Å². The van der Waals surface area contributed by atoms with E-state index in [1.807, 2.05) is 36.4 Å². The fourth-order valence-electron chi connectivity index (χ4n) is 4.54. The number of nitrogens with zero attached hydrogens (tertiary/aromatic N) is 3. The SMILES string of the molecule is O=C(CN1CCC(N2CC(=O)N(c3ccccc3)C2=O)CC1)NCc1ccc2c(c1)OCO2. The summed E-state index contributed by atoms with van der Waals surface area (Å²) in [5.41, 5.74) is 1.55. The zero-order valence-electron chi connectivity index (χ0n) is 18.2.